The molecule has 1 aliphatic rings. The Bertz CT molecular complexity index is 884. The Hall–Kier alpha value is -2.61. The standard InChI is InChI=1S/C21H19NO/c1-15-12-19-8-4-5-9-20(19)22(15)21(23)14-16-10-11-17-6-2-3-7-18(17)13-16/h2-11,13,15H,12,14H2,1H3. The van der Waals surface area contributed by atoms with E-state index in [1.54, 1.807) is 0 Å². The number of rotatable bonds is 2. The molecule has 0 spiro atoms. The molecule has 1 atom stereocenters. The molecule has 0 N–H and O–H groups in total. The number of carbonyl (C=O) groups is 1. The van der Waals surface area contributed by atoms with Gasteiger partial charge >= 0.3 is 0 Å². The molecule has 0 aromatic heterocycles. The second-order valence-electron chi connectivity index (χ2n) is 6.30. The van der Waals surface area contributed by atoms with Crippen molar-refractivity contribution < 1.29 is 4.79 Å². The van der Waals surface area contributed by atoms with Crippen molar-refractivity contribution >= 4 is 22.4 Å². The number of amides is 1. The first-order valence-electron chi connectivity index (χ1n) is 8.10. The van der Waals surface area contributed by atoms with Crippen LogP contribution in [-0.4, -0.2) is 11.9 Å². The van der Waals surface area contributed by atoms with Gasteiger partial charge in [-0.3, -0.25) is 4.79 Å². The minimum Gasteiger partial charge on any atom is -0.309 e. The minimum absolute atomic E-state index is 0.178. The van der Waals surface area contributed by atoms with Gasteiger partial charge in [-0.15, -0.1) is 0 Å². The predicted octanol–water partition coefficient (Wildman–Crippen LogP) is 4.36. The maximum absolute atomic E-state index is 12.8. The van der Waals surface area contributed by atoms with Gasteiger partial charge in [-0.2, -0.15) is 0 Å². The molecule has 1 amide bonds. The van der Waals surface area contributed by atoms with E-state index in [0.29, 0.717) is 6.42 Å². The minimum atomic E-state index is 0.178. The quantitative estimate of drug-likeness (QED) is 0.688. The first kappa shape index (κ1) is 14.0. The summed E-state index contributed by atoms with van der Waals surface area (Å²) in [6, 6.07) is 23.0. The van der Waals surface area contributed by atoms with Crippen molar-refractivity contribution in [1.29, 1.82) is 0 Å². The number of fused-ring (bicyclic) bond motifs is 2. The van der Waals surface area contributed by atoms with E-state index in [9.17, 15) is 4.79 Å². The van der Waals surface area contributed by atoms with Gasteiger partial charge in [0.1, 0.15) is 0 Å². The topological polar surface area (TPSA) is 20.3 Å². The third-order valence-corrected chi connectivity index (χ3v) is 4.65. The Morgan fingerprint density at radius 3 is 2.61 bits per heavy atom. The number of para-hydroxylation sites is 1. The van der Waals surface area contributed by atoms with Gasteiger partial charge in [0.15, 0.2) is 0 Å². The molecule has 1 aliphatic heterocycles. The maximum Gasteiger partial charge on any atom is 0.231 e. The molecule has 0 aliphatic carbocycles. The summed E-state index contributed by atoms with van der Waals surface area (Å²) in [5, 5.41) is 2.40. The van der Waals surface area contributed by atoms with Crippen molar-refractivity contribution in [2.45, 2.75) is 25.8 Å². The van der Waals surface area contributed by atoms with E-state index in [2.05, 4.69) is 49.4 Å². The maximum atomic E-state index is 12.8. The smallest absolute Gasteiger partial charge is 0.231 e. The lowest BCUT2D eigenvalue weighted by molar-refractivity contribution is -0.118. The van der Waals surface area contributed by atoms with E-state index < -0.39 is 0 Å². The Morgan fingerprint density at radius 2 is 1.74 bits per heavy atom. The van der Waals surface area contributed by atoms with E-state index in [-0.39, 0.29) is 11.9 Å². The molecule has 0 fully saturated rings. The fourth-order valence-electron chi connectivity index (χ4n) is 3.55. The molecule has 23 heavy (non-hydrogen) atoms. The van der Waals surface area contributed by atoms with Crippen LogP contribution in [0, 0.1) is 0 Å². The highest BCUT2D eigenvalue weighted by Crippen LogP contribution is 2.32. The highest BCUT2D eigenvalue weighted by Gasteiger charge is 2.30. The van der Waals surface area contributed by atoms with Gasteiger partial charge < -0.3 is 4.90 Å². The number of hydrogen-bond donors (Lipinski definition) is 0. The average molecular weight is 301 g/mol. The molecule has 2 nitrogen and oxygen atoms in total. The van der Waals surface area contributed by atoms with E-state index in [1.165, 1.54) is 16.3 Å². The van der Waals surface area contributed by atoms with Crippen molar-refractivity contribution in [2.75, 3.05) is 4.90 Å². The first-order chi connectivity index (χ1) is 11.2. The van der Waals surface area contributed by atoms with E-state index in [4.69, 9.17) is 0 Å². The summed E-state index contributed by atoms with van der Waals surface area (Å²) in [4.78, 5) is 14.8. The van der Waals surface area contributed by atoms with E-state index in [1.807, 2.05) is 29.2 Å². The van der Waals surface area contributed by atoms with Gasteiger partial charge in [-0.1, -0.05) is 60.7 Å². The van der Waals surface area contributed by atoms with Crippen LogP contribution in [0.25, 0.3) is 10.8 Å². The molecule has 1 unspecified atom stereocenters. The zero-order valence-corrected chi connectivity index (χ0v) is 13.2. The van der Waals surface area contributed by atoms with Crippen LogP contribution < -0.4 is 4.90 Å². The average Bonchev–Trinajstić information content (AvgIpc) is 2.90. The van der Waals surface area contributed by atoms with Crippen LogP contribution >= 0.6 is 0 Å². The third kappa shape index (κ3) is 2.50. The molecule has 0 bridgehead atoms. The lowest BCUT2D eigenvalue weighted by Crippen LogP contribution is -2.36. The summed E-state index contributed by atoms with van der Waals surface area (Å²) >= 11 is 0. The SMILES string of the molecule is CC1Cc2ccccc2N1C(=O)Cc1ccc2ccccc2c1. The van der Waals surface area contributed by atoms with Gasteiger partial charge in [0.25, 0.3) is 0 Å². The van der Waals surface area contributed by atoms with Gasteiger partial charge in [-0.25, -0.2) is 0 Å². The van der Waals surface area contributed by atoms with Crippen LogP contribution in [0.5, 0.6) is 0 Å². The summed E-state index contributed by atoms with van der Waals surface area (Å²) < 4.78 is 0. The Balaban J connectivity index is 1.62. The molecule has 3 aromatic rings. The van der Waals surface area contributed by atoms with Crippen LogP contribution in [0.3, 0.4) is 0 Å². The van der Waals surface area contributed by atoms with Crippen molar-refractivity contribution in [2.24, 2.45) is 0 Å². The van der Waals surface area contributed by atoms with Crippen molar-refractivity contribution in [3.05, 3.63) is 77.9 Å². The monoisotopic (exact) mass is 301 g/mol. The zero-order chi connectivity index (χ0) is 15.8. The summed E-state index contributed by atoms with van der Waals surface area (Å²) in [6.45, 7) is 2.12. The molecule has 0 saturated heterocycles. The van der Waals surface area contributed by atoms with E-state index in [0.717, 1.165) is 17.7 Å². The van der Waals surface area contributed by atoms with Gasteiger partial charge in [0.2, 0.25) is 5.91 Å². The normalized spacial score (nSPS) is 16.6. The molecule has 0 saturated carbocycles. The van der Waals surface area contributed by atoms with Crippen LogP contribution in [-0.2, 0) is 17.6 Å². The van der Waals surface area contributed by atoms with Gasteiger partial charge in [0.05, 0.1) is 6.42 Å². The zero-order valence-electron chi connectivity index (χ0n) is 13.2. The van der Waals surface area contributed by atoms with Crippen molar-refractivity contribution in [3.8, 4) is 0 Å². The molecule has 4 rings (SSSR count). The highest BCUT2D eigenvalue weighted by atomic mass is 16.2. The first-order valence-corrected chi connectivity index (χ1v) is 8.10. The largest absolute Gasteiger partial charge is 0.309 e. The Morgan fingerprint density at radius 1 is 1.00 bits per heavy atom. The fourth-order valence-corrected chi connectivity index (χ4v) is 3.55. The number of anilines is 1. The number of benzene rings is 3. The lowest BCUT2D eigenvalue weighted by atomic mass is 10.0. The predicted molar refractivity (Wildman–Crippen MR) is 94.7 cm³/mol. The Labute approximate surface area is 136 Å². The molecular weight excluding hydrogens is 282 g/mol. The molecule has 114 valence electrons. The summed E-state index contributed by atoms with van der Waals surface area (Å²) in [5.41, 5.74) is 3.42. The van der Waals surface area contributed by atoms with Crippen LogP contribution in [0.2, 0.25) is 0 Å². The molecule has 2 heteroatoms. The lowest BCUT2D eigenvalue weighted by Gasteiger charge is -2.23. The van der Waals surface area contributed by atoms with Crippen molar-refractivity contribution in [3.63, 3.8) is 0 Å². The highest BCUT2D eigenvalue weighted by molar-refractivity contribution is 5.98. The number of hydrogen-bond acceptors (Lipinski definition) is 1. The summed E-state index contributed by atoms with van der Waals surface area (Å²) in [6.07, 6.45) is 1.39. The Kier molecular flexibility index (Phi) is 3.38. The van der Waals surface area contributed by atoms with E-state index >= 15 is 0 Å². The third-order valence-electron chi connectivity index (χ3n) is 4.65. The van der Waals surface area contributed by atoms with Gasteiger partial charge in [0, 0.05) is 11.7 Å². The van der Waals surface area contributed by atoms with Crippen LogP contribution in [0.1, 0.15) is 18.1 Å². The summed E-state index contributed by atoms with van der Waals surface area (Å²) in [7, 11) is 0. The van der Waals surface area contributed by atoms with Crippen molar-refractivity contribution in [1.82, 2.24) is 0 Å². The molecule has 1 heterocycles. The molecule has 3 aromatic carbocycles. The fraction of sp³-hybridized carbons (Fsp3) is 0.190. The second kappa shape index (κ2) is 5.54. The molecule has 0 radical (unpaired) electrons. The molecular formula is C21H19NO. The van der Waals surface area contributed by atoms with Gasteiger partial charge in [-0.05, 0) is 41.3 Å². The summed E-state index contributed by atoms with van der Waals surface area (Å²) in [5.74, 6) is 0.178. The number of carbonyl (C=O) groups excluding carboxylic acids is 1. The number of nitrogens with zero attached hydrogens (tertiary/aromatic N) is 1. The van der Waals surface area contributed by atoms with Crippen LogP contribution in [0.4, 0.5) is 5.69 Å². The van der Waals surface area contributed by atoms with Crippen LogP contribution in [0.15, 0.2) is 66.7 Å². The second-order valence-corrected chi connectivity index (χ2v) is 6.30.